The van der Waals surface area contributed by atoms with Gasteiger partial charge in [-0.3, -0.25) is 0 Å². The third-order valence-corrected chi connectivity index (χ3v) is 2.54. The third-order valence-electron chi connectivity index (χ3n) is 2.54. The number of hydrogen-bond donors (Lipinski definition) is 1. The second kappa shape index (κ2) is 5.53. The van der Waals surface area contributed by atoms with E-state index >= 15 is 0 Å². The summed E-state index contributed by atoms with van der Waals surface area (Å²) in [6.45, 7) is 4.37. The van der Waals surface area contributed by atoms with Crippen LogP contribution >= 0.6 is 0 Å². The van der Waals surface area contributed by atoms with Crippen LogP contribution in [0.15, 0.2) is 24.3 Å². The highest BCUT2D eigenvalue weighted by Gasteiger charge is 2.10. The molecule has 0 heterocycles. The highest BCUT2D eigenvalue weighted by Crippen LogP contribution is 2.21. The summed E-state index contributed by atoms with van der Waals surface area (Å²) >= 11 is 0. The van der Waals surface area contributed by atoms with Crippen LogP contribution in [0.5, 0.6) is 0 Å². The quantitative estimate of drug-likeness (QED) is 0.816. The predicted octanol–water partition coefficient (Wildman–Crippen LogP) is 2.99. The normalized spacial score (nSPS) is 12.5. The molecule has 80 valence electrons. The third kappa shape index (κ3) is 3.38. The van der Waals surface area contributed by atoms with Crippen LogP contribution in [0.4, 0.5) is 0 Å². The number of benzene rings is 1. The lowest BCUT2D eigenvalue weighted by atomic mass is 9.95. The molecule has 1 rings (SSSR count). The van der Waals surface area contributed by atoms with Crippen molar-refractivity contribution < 1.29 is 0 Å². The minimum atomic E-state index is -0.0109. The van der Waals surface area contributed by atoms with E-state index in [2.05, 4.69) is 19.9 Å². The van der Waals surface area contributed by atoms with Crippen LogP contribution < -0.4 is 5.73 Å². The van der Waals surface area contributed by atoms with E-state index < -0.39 is 0 Å². The summed E-state index contributed by atoms with van der Waals surface area (Å²) in [7, 11) is 0. The van der Waals surface area contributed by atoms with Gasteiger partial charge in [-0.25, -0.2) is 0 Å². The van der Waals surface area contributed by atoms with Crippen LogP contribution in [-0.4, -0.2) is 0 Å². The summed E-state index contributed by atoms with van der Waals surface area (Å²) in [5.41, 5.74) is 7.74. The Kier molecular flexibility index (Phi) is 4.33. The van der Waals surface area contributed by atoms with Crippen molar-refractivity contribution in [2.75, 3.05) is 0 Å². The molecular weight excluding hydrogens is 184 g/mol. The smallest absolute Gasteiger partial charge is 0.0995 e. The highest BCUT2D eigenvalue weighted by molar-refractivity contribution is 5.39. The van der Waals surface area contributed by atoms with Gasteiger partial charge in [-0.1, -0.05) is 32.0 Å². The Morgan fingerprint density at radius 3 is 2.53 bits per heavy atom. The first-order chi connectivity index (χ1) is 7.15. The van der Waals surface area contributed by atoms with Gasteiger partial charge in [-0.05, 0) is 30.4 Å². The Hall–Kier alpha value is -1.33. The van der Waals surface area contributed by atoms with Crippen molar-refractivity contribution in [3.8, 4) is 6.07 Å². The van der Waals surface area contributed by atoms with Crippen molar-refractivity contribution in [2.45, 2.75) is 32.7 Å². The molecule has 1 aromatic carbocycles. The summed E-state index contributed by atoms with van der Waals surface area (Å²) in [6, 6.07) is 9.75. The maximum Gasteiger partial charge on any atom is 0.0995 e. The van der Waals surface area contributed by atoms with E-state index in [1.54, 1.807) is 0 Å². The van der Waals surface area contributed by atoms with Crippen molar-refractivity contribution in [2.24, 2.45) is 11.7 Å². The maximum atomic E-state index is 8.94. The monoisotopic (exact) mass is 202 g/mol. The summed E-state index contributed by atoms with van der Waals surface area (Å²) in [5.74, 6) is 0.658. The first kappa shape index (κ1) is 11.7. The van der Waals surface area contributed by atoms with Gasteiger partial charge in [0.2, 0.25) is 0 Å². The van der Waals surface area contributed by atoms with Crippen molar-refractivity contribution in [1.82, 2.24) is 0 Å². The fraction of sp³-hybridized carbons (Fsp3) is 0.462. The molecule has 15 heavy (non-hydrogen) atoms. The molecule has 0 unspecified atom stereocenters. The highest BCUT2D eigenvalue weighted by atomic mass is 14.6. The van der Waals surface area contributed by atoms with Gasteiger partial charge in [0.1, 0.15) is 0 Å². The molecule has 0 aliphatic heterocycles. The molecule has 0 amide bonds. The van der Waals surface area contributed by atoms with Gasteiger partial charge < -0.3 is 5.73 Å². The van der Waals surface area contributed by atoms with Crippen LogP contribution in [0, 0.1) is 17.2 Å². The molecule has 0 saturated heterocycles. The molecule has 1 aromatic rings. The standard InChI is InChI=1S/C13H18N2/c1-10(2)7-8-13(15)12-6-4-3-5-11(12)9-14/h3-6,10,13H,7-8,15H2,1-2H3/t13-/m0/s1. The van der Waals surface area contributed by atoms with Gasteiger partial charge in [0.25, 0.3) is 0 Å². The SMILES string of the molecule is CC(C)CC[C@H](N)c1ccccc1C#N. The summed E-state index contributed by atoms with van der Waals surface area (Å²) in [5, 5.41) is 8.94. The lowest BCUT2D eigenvalue weighted by Gasteiger charge is -2.14. The van der Waals surface area contributed by atoms with Crippen LogP contribution in [-0.2, 0) is 0 Å². The molecule has 2 N–H and O–H groups in total. The van der Waals surface area contributed by atoms with Gasteiger partial charge in [-0.15, -0.1) is 0 Å². The van der Waals surface area contributed by atoms with E-state index in [0.29, 0.717) is 11.5 Å². The largest absolute Gasteiger partial charge is 0.324 e. The summed E-state index contributed by atoms with van der Waals surface area (Å²) in [6.07, 6.45) is 2.04. The lowest BCUT2D eigenvalue weighted by molar-refractivity contribution is 0.507. The number of hydrogen-bond acceptors (Lipinski definition) is 2. The van der Waals surface area contributed by atoms with Crippen LogP contribution in [0.2, 0.25) is 0 Å². The van der Waals surface area contributed by atoms with E-state index in [0.717, 1.165) is 18.4 Å². The number of nitrogens with zero attached hydrogens (tertiary/aromatic N) is 1. The lowest BCUT2D eigenvalue weighted by Crippen LogP contribution is -2.12. The second-order valence-electron chi connectivity index (χ2n) is 4.28. The van der Waals surface area contributed by atoms with Gasteiger partial charge in [0.05, 0.1) is 11.6 Å². The second-order valence-corrected chi connectivity index (χ2v) is 4.28. The van der Waals surface area contributed by atoms with E-state index in [9.17, 15) is 0 Å². The molecule has 0 aliphatic carbocycles. The van der Waals surface area contributed by atoms with Gasteiger partial charge in [0.15, 0.2) is 0 Å². The molecular formula is C13H18N2. The first-order valence-electron chi connectivity index (χ1n) is 5.39. The Morgan fingerprint density at radius 1 is 1.27 bits per heavy atom. The summed E-state index contributed by atoms with van der Waals surface area (Å²) in [4.78, 5) is 0. The molecule has 0 bridgehead atoms. The van der Waals surface area contributed by atoms with Gasteiger partial charge in [0, 0.05) is 6.04 Å². The number of nitriles is 1. The number of nitrogens with two attached hydrogens (primary N) is 1. The molecule has 0 radical (unpaired) electrons. The van der Waals surface area contributed by atoms with E-state index in [1.165, 1.54) is 0 Å². The summed E-state index contributed by atoms with van der Waals surface area (Å²) < 4.78 is 0. The zero-order valence-corrected chi connectivity index (χ0v) is 9.40. The Balaban J connectivity index is 2.73. The Bertz CT molecular complexity index is 350. The van der Waals surface area contributed by atoms with Crippen molar-refractivity contribution in [1.29, 1.82) is 5.26 Å². The first-order valence-corrected chi connectivity index (χ1v) is 5.39. The van der Waals surface area contributed by atoms with Crippen LogP contribution in [0.3, 0.4) is 0 Å². The molecule has 0 saturated carbocycles. The fourth-order valence-corrected chi connectivity index (χ4v) is 1.59. The molecule has 2 heteroatoms. The fourth-order valence-electron chi connectivity index (χ4n) is 1.59. The molecule has 0 aromatic heterocycles. The predicted molar refractivity (Wildman–Crippen MR) is 62.2 cm³/mol. The average molecular weight is 202 g/mol. The van der Waals surface area contributed by atoms with E-state index in [4.69, 9.17) is 11.0 Å². The van der Waals surface area contributed by atoms with Crippen LogP contribution in [0.1, 0.15) is 43.9 Å². The van der Waals surface area contributed by atoms with Gasteiger partial charge >= 0.3 is 0 Å². The molecule has 1 atom stereocenters. The zero-order valence-electron chi connectivity index (χ0n) is 9.40. The Labute approximate surface area is 91.7 Å². The zero-order chi connectivity index (χ0) is 11.3. The minimum Gasteiger partial charge on any atom is -0.324 e. The van der Waals surface area contributed by atoms with Crippen molar-refractivity contribution in [3.63, 3.8) is 0 Å². The molecule has 2 nitrogen and oxygen atoms in total. The average Bonchev–Trinajstić information content (AvgIpc) is 2.25. The van der Waals surface area contributed by atoms with Crippen molar-refractivity contribution >= 4 is 0 Å². The molecule has 0 aliphatic rings. The van der Waals surface area contributed by atoms with E-state index in [-0.39, 0.29) is 6.04 Å². The van der Waals surface area contributed by atoms with Crippen molar-refractivity contribution in [3.05, 3.63) is 35.4 Å². The Morgan fingerprint density at radius 2 is 1.93 bits per heavy atom. The minimum absolute atomic E-state index is 0.0109. The van der Waals surface area contributed by atoms with Crippen LogP contribution in [0.25, 0.3) is 0 Å². The number of rotatable bonds is 4. The van der Waals surface area contributed by atoms with Gasteiger partial charge in [-0.2, -0.15) is 5.26 Å². The maximum absolute atomic E-state index is 8.94. The molecule has 0 spiro atoms. The molecule has 0 fully saturated rings. The van der Waals surface area contributed by atoms with E-state index in [1.807, 2.05) is 24.3 Å². The topological polar surface area (TPSA) is 49.8 Å².